The number of para-hydroxylation sites is 1. The summed E-state index contributed by atoms with van der Waals surface area (Å²) in [5.74, 6) is 1.38. The summed E-state index contributed by atoms with van der Waals surface area (Å²) in [5, 5.41) is 0. The van der Waals surface area contributed by atoms with Crippen LogP contribution in [0.15, 0.2) is 57.5 Å². The summed E-state index contributed by atoms with van der Waals surface area (Å²) in [4.78, 5) is 31.9. The molecule has 0 amide bonds. The predicted molar refractivity (Wildman–Crippen MR) is 131 cm³/mol. The summed E-state index contributed by atoms with van der Waals surface area (Å²) in [7, 11) is 1.56. The van der Waals surface area contributed by atoms with Crippen LogP contribution in [0.4, 0.5) is 0 Å². The van der Waals surface area contributed by atoms with Gasteiger partial charge in [-0.15, -0.1) is 0 Å². The molecule has 2 aromatic carbocycles. The highest BCUT2D eigenvalue weighted by Crippen LogP contribution is 2.36. The number of benzene rings is 2. The van der Waals surface area contributed by atoms with Crippen molar-refractivity contribution in [3.8, 4) is 17.2 Å². The number of aryl methyl sites for hydroxylation is 1. The highest BCUT2D eigenvalue weighted by atomic mass is 32.1. The number of fused-ring (bicyclic) bond motifs is 2. The van der Waals surface area contributed by atoms with E-state index in [1.807, 2.05) is 43.3 Å². The lowest BCUT2D eigenvalue weighted by Gasteiger charge is -2.25. The van der Waals surface area contributed by atoms with Crippen molar-refractivity contribution in [2.75, 3.05) is 20.5 Å². The standard InChI is InChI=1S/C26H24N2O6S/c1-5-32-25(30)22-15(3)27-26-28(23(22)17-8-6-7-9-18(17)31-4)24(29)21(35-26)12-16-11-20-19(10-14(16)2)33-13-34-20/h6-12,23H,5,13H2,1-4H3/b21-12-. The molecular weight excluding hydrogens is 468 g/mol. The monoisotopic (exact) mass is 492 g/mol. The van der Waals surface area contributed by atoms with Crippen LogP contribution in [0.25, 0.3) is 6.08 Å². The van der Waals surface area contributed by atoms with Gasteiger partial charge in [0.1, 0.15) is 11.8 Å². The molecule has 180 valence electrons. The molecule has 0 N–H and O–H groups in total. The van der Waals surface area contributed by atoms with Gasteiger partial charge >= 0.3 is 5.97 Å². The Morgan fingerprint density at radius 3 is 2.71 bits per heavy atom. The van der Waals surface area contributed by atoms with E-state index in [0.29, 0.717) is 43.4 Å². The summed E-state index contributed by atoms with van der Waals surface area (Å²) >= 11 is 1.27. The first-order valence-electron chi connectivity index (χ1n) is 11.2. The van der Waals surface area contributed by atoms with E-state index < -0.39 is 12.0 Å². The largest absolute Gasteiger partial charge is 0.496 e. The van der Waals surface area contributed by atoms with Gasteiger partial charge in [-0.2, -0.15) is 0 Å². The SMILES string of the molecule is CCOC(=O)C1=C(C)N=c2s/c(=C\c3cc4c(cc3C)OCO4)c(=O)n2C1c1ccccc1OC. The van der Waals surface area contributed by atoms with Crippen LogP contribution in [0.2, 0.25) is 0 Å². The molecule has 0 bridgehead atoms. The third kappa shape index (κ3) is 3.91. The Bertz CT molecular complexity index is 1550. The molecule has 3 heterocycles. The van der Waals surface area contributed by atoms with Crippen LogP contribution in [0.5, 0.6) is 17.2 Å². The maximum Gasteiger partial charge on any atom is 0.338 e. The van der Waals surface area contributed by atoms with E-state index in [-0.39, 0.29) is 19.0 Å². The number of thiazole rings is 1. The van der Waals surface area contributed by atoms with Crippen LogP contribution in [0, 0.1) is 6.92 Å². The lowest BCUT2D eigenvalue weighted by molar-refractivity contribution is -0.139. The summed E-state index contributed by atoms with van der Waals surface area (Å²) < 4.78 is 23.9. The number of ether oxygens (including phenoxy) is 4. The summed E-state index contributed by atoms with van der Waals surface area (Å²) in [6, 6.07) is 10.4. The Kier molecular flexibility index (Phi) is 5.94. The Morgan fingerprint density at radius 2 is 1.97 bits per heavy atom. The van der Waals surface area contributed by atoms with Crippen LogP contribution in [0.1, 0.15) is 36.6 Å². The maximum absolute atomic E-state index is 13.8. The first-order chi connectivity index (χ1) is 16.9. The van der Waals surface area contributed by atoms with E-state index >= 15 is 0 Å². The quantitative estimate of drug-likeness (QED) is 0.509. The van der Waals surface area contributed by atoms with E-state index in [1.54, 1.807) is 31.6 Å². The molecule has 1 aromatic heterocycles. The molecule has 1 unspecified atom stereocenters. The second kappa shape index (κ2) is 9.07. The van der Waals surface area contributed by atoms with Gasteiger partial charge in [-0.3, -0.25) is 9.36 Å². The number of hydrogen-bond acceptors (Lipinski definition) is 8. The van der Waals surface area contributed by atoms with Gasteiger partial charge in [-0.25, -0.2) is 9.79 Å². The Labute approximate surface area is 205 Å². The molecule has 8 nitrogen and oxygen atoms in total. The number of esters is 1. The highest BCUT2D eigenvalue weighted by Gasteiger charge is 2.35. The molecule has 0 fully saturated rings. The van der Waals surface area contributed by atoms with Crippen molar-refractivity contribution < 1.29 is 23.7 Å². The van der Waals surface area contributed by atoms with Gasteiger partial charge in [0.2, 0.25) is 6.79 Å². The zero-order valence-corrected chi connectivity index (χ0v) is 20.6. The van der Waals surface area contributed by atoms with E-state index in [0.717, 1.165) is 11.1 Å². The molecule has 1 atom stereocenters. The zero-order chi connectivity index (χ0) is 24.7. The normalized spacial score (nSPS) is 16.7. The molecule has 9 heteroatoms. The average molecular weight is 493 g/mol. The second-order valence-electron chi connectivity index (χ2n) is 8.11. The second-order valence-corrected chi connectivity index (χ2v) is 9.12. The number of allylic oxidation sites excluding steroid dienone is 1. The van der Waals surface area contributed by atoms with E-state index in [4.69, 9.17) is 18.9 Å². The van der Waals surface area contributed by atoms with Crippen LogP contribution >= 0.6 is 11.3 Å². The fraction of sp³-hybridized carbons (Fsp3) is 0.269. The number of rotatable bonds is 5. The van der Waals surface area contributed by atoms with Crippen molar-refractivity contribution in [3.63, 3.8) is 0 Å². The third-order valence-electron chi connectivity index (χ3n) is 6.00. The van der Waals surface area contributed by atoms with Crippen molar-refractivity contribution in [2.45, 2.75) is 26.8 Å². The first-order valence-corrected chi connectivity index (χ1v) is 12.0. The van der Waals surface area contributed by atoms with Crippen LogP contribution in [-0.2, 0) is 9.53 Å². The molecule has 35 heavy (non-hydrogen) atoms. The van der Waals surface area contributed by atoms with Gasteiger partial charge in [-0.1, -0.05) is 29.5 Å². The molecule has 0 spiro atoms. The zero-order valence-electron chi connectivity index (χ0n) is 19.8. The van der Waals surface area contributed by atoms with Gasteiger partial charge in [0, 0.05) is 5.56 Å². The first kappa shape index (κ1) is 22.9. The molecule has 2 aliphatic rings. The van der Waals surface area contributed by atoms with Crippen molar-refractivity contribution in [1.29, 1.82) is 0 Å². The highest BCUT2D eigenvalue weighted by molar-refractivity contribution is 7.07. The Morgan fingerprint density at radius 1 is 1.23 bits per heavy atom. The lowest BCUT2D eigenvalue weighted by Crippen LogP contribution is -2.40. The van der Waals surface area contributed by atoms with Gasteiger partial charge in [0.25, 0.3) is 5.56 Å². The topological polar surface area (TPSA) is 88.4 Å². The average Bonchev–Trinajstić information content (AvgIpc) is 3.42. The van der Waals surface area contributed by atoms with E-state index in [2.05, 4.69) is 4.99 Å². The van der Waals surface area contributed by atoms with Crippen LogP contribution < -0.4 is 29.1 Å². The van der Waals surface area contributed by atoms with Crippen LogP contribution in [0.3, 0.4) is 0 Å². The molecule has 5 rings (SSSR count). The van der Waals surface area contributed by atoms with Crippen molar-refractivity contribution in [2.24, 2.45) is 4.99 Å². The van der Waals surface area contributed by atoms with Gasteiger partial charge in [-0.05, 0) is 56.2 Å². The molecule has 3 aromatic rings. The molecule has 0 saturated heterocycles. The minimum absolute atomic E-state index is 0.176. The number of carbonyl (C=O) groups is 1. The fourth-order valence-electron chi connectivity index (χ4n) is 4.33. The molecule has 0 saturated carbocycles. The van der Waals surface area contributed by atoms with E-state index in [9.17, 15) is 9.59 Å². The predicted octanol–water partition coefficient (Wildman–Crippen LogP) is 2.84. The van der Waals surface area contributed by atoms with Crippen molar-refractivity contribution in [3.05, 3.63) is 84.0 Å². The van der Waals surface area contributed by atoms with Gasteiger partial charge in [0.15, 0.2) is 16.3 Å². The number of aromatic nitrogens is 1. The Hall–Kier alpha value is -3.85. The smallest absolute Gasteiger partial charge is 0.338 e. The number of methoxy groups -OCH3 is 1. The number of nitrogens with zero attached hydrogens (tertiary/aromatic N) is 2. The molecule has 2 aliphatic heterocycles. The van der Waals surface area contributed by atoms with Gasteiger partial charge < -0.3 is 18.9 Å². The number of carbonyl (C=O) groups excluding carboxylic acids is 1. The summed E-state index contributed by atoms with van der Waals surface area (Å²) in [6.45, 7) is 5.84. The van der Waals surface area contributed by atoms with Crippen molar-refractivity contribution in [1.82, 2.24) is 4.57 Å². The molecule has 0 radical (unpaired) electrons. The fourth-order valence-corrected chi connectivity index (χ4v) is 5.37. The third-order valence-corrected chi connectivity index (χ3v) is 6.98. The van der Waals surface area contributed by atoms with Crippen LogP contribution in [-0.4, -0.2) is 31.0 Å². The van der Waals surface area contributed by atoms with Gasteiger partial charge in [0.05, 0.1) is 29.5 Å². The lowest BCUT2D eigenvalue weighted by atomic mass is 9.95. The maximum atomic E-state index is 13.8. The summed E-state index contributed by atoms with van der Waals surface area (Å²) in [5.41, 5.74) is 3.04. The van der Waals surface area contributed by atoms with E-state index in [1.165, 1.54) is 11.3 Å². The van der Waals surface area contributed by atoms with Crippen molar-refractivity contribution >= 4 is 23.4 Å². The Balaban J connectivity index is 1.74. The minimum Gasteiger partial charge on any atom is -0.496 e. The molecular formula is C26H24N2O6S. The number of hydrogen-bond donors (Lipinski definition) is 0. The minimum atomic E-state index is -0.735. The molecule has 0 aliphatic carbocycles. The summed E-state index contributed by atoms with van der Waals surface area (Å²) in [6.07, 6.45) is 1.82.